The molecule has 0 saturated carbocycles. The summed E-state index contributed by atoms with van der Waals surface area (Å²) in [4.78, 5) is 13.5. The van der Waals surface area contributed by atoms with E-state index < -0.39 is 0 Å². The third-order valence-electron chi connectivity index (χ3n) is 3.87. The molecule has 0 spiro atoms. The van der Waals surface area contributed by atoms with Crippen LogP contribution >= 0.6 is 11.3 Å². The maximum Gasteiger partial charge on any atom is 0.258 e. The number of aryl methyl sites for hydroxylation is 1. The van der Waals surface area contributed by atoms with Gasteiger partial charge in [-0.25, -0.2) is 0 Å². The Bertz CT molecular complexity index is 840. The largest absolute Gasteiger partial charge is 0.484 e. The van der Waals surface area contributed by atoms with E-state index in [2.05, 4.69) is 16.8 Å². The van der Waals surface area contributed by atoms with Crippen molar-refractivity contribution in [1.82, 2.24) is 9.88 Å². The first-order valence-electron chi connectivity index (χ1n) is 7.63. The van der Waals surface area contributed by atoms with Gasteiger partial charge in [0.1, 0.15) is 11.9 Å². The van der Waals surface area contributed by atoms with E-state index in [1.54, 1.807) is 29.1 Å². The molecule has 0 aliphatic rings. The number of nitrogens with zero attached hydrogens (tertiary/aromatic N) is 1. The van der Waals surface area contributed by atoms with E-state index in [9.17, 15) is 4.79 Å². The zero-order valence-electron chi connectivity index (χ0n) is 13.3. The summed E-state index contributed by atoms with van der Waals surface area (Å²) in [5.74, 6) is 0.759. The molecule has 0 aliphatic carbocycles. The normalized spacial score (nSPS) is 12.4. The van der Waals surface area contributed by atoms with Crippen molar-refractivity contribution in [1.29, 1.82) is 0 Å². The third kappa shape index (κ3) is 3.30. The van der Waals surface area contributed by atoms with Crippen molar-refractivity contribution in [3.8, 4) is 5.75 Å². The summed E-state index contributed by atoms with van der Waals surface area (Å²) in [5, 5.41) is 6.78. The Balaban J connectivity index is 1.99. The molecule has 1 atom stereocenters. The number of nitrogens with one attached hydrogen (secondary N) is 1. The van der Waals surface area contributed by atoms with Gasteiger partial charge in [-0.2, -0.15) is 0 Å². The Morgan fingerprint density at radius 3 is 2.83 bits per heavy atom. The van der Waals surface area contributed by atoms with Crippen LogP contribution in [-0.2, 0) is 7.05 Å². The third-order valence-corrected chi connectivity index (χ3v) is 4.83. The van der Waals surface area contributed by atoms with E-state index in [-0.39, 0.29) is 11.7 Å². The molecule has 4 nitrogen and oxygen atoms in total. The Hall–Kier alpha value is -2.11. The van der Waals surface area contributed by atoms with Gasteiger partial charge in [0.15, 0.2) is 0 Å². The van der Waals surface area contributed by atoms with E-state index in [1.165, 1.54) is 4.88 Å². The Kier molecular flexibility index (Phi) is 4.79. The number of hydrogen-bond donors (Lipinski definition) is 1. The number of rotatable bonds is 6. The number of fused-ring (bicyclic) bond motifs is 1. The van der Waals surface area contributed by atoms with Crippen LogP contribution in [-0.4, -0.2) is 18.2 Å². The molecule has 120 valence electrons. The number of thiophene rings is 1. The lowest BCUT2D eigenvalue weighted by Gasteiger charge is -2.19. The molecule has 2 aromatic heterocycles. The summed E-state index contributed by atoms with van der Waals surface area (Å²) in [6.45, 7) is 0.870. The Morgan fingerprint density at radius 2 is 2.09 bits per heavy atom. The van der Waals surface area contributed by atoms with Crippen LogP contribution in [0.2, 0.25) is 0 Å². The molecule has 0 saturated heterocycles. The molecule has 1 unspecified atom stereocenters. The van der Waals surface area contributed by atoms with Crippen LogP contribution < -0.4 is 15.6 Å². The lowest BCUT2D eigenvalue weighted by Crippen LogP contribution is -2.17. The van der Waals surface area contributed by atoms with Gasteiger partial charge in [0.05, 0.1) is 5.39 Å². The van der Waals surface area contributed by atoms with Gasteiger partial charge in [0.25, 0.3) is 5.56 Å². The molecule has 2 heterocycles. The van der Waals surface area contributed by atoms with Crippen molar-refractivity contribution in [3.63, 3.8) is 0 Å². The highest BCUT2D eigenvalue weighted by molar-refractivity contribution is 7.10. The fourth-order valence-electron chi connectivity index (χ4n) is 2.61. The molecular weight excluding hydrogens is 308 g/mol. The first kappa shape index (κ1) is 15.8. The lowest BCUT2D eigenvalue weighted by molar-refractivity contribution is 0.201. The molecule has 0 fully saturated rings. The van der Waals surface area contributed by atoms with E-state index in [4.69, 9.17) is 4.74 Å². The number of aromatic nitrogens is 1. The van der Waals surface area contributed by atoms with E-state index in [1.807, 2.05) is 37.4 Å². The molecule has 0 amide bonds. The minimum absolute atomic E-state index is 0.00384. The first-order chi connectivity index (χ1) is 11.2. The molecule has 5 heteroatoms. The van der Waals surface area contributed by atoms with Crippen molar-refractivity contribution < 1.29 is 4.74 Å². The molecule has 0 aliphatic heterocycles. The fraction of sp³-hybridized carbons (Fsp3) is 0.278. The highest BCUT2D eigenvalue weighted by atomic mass is 32.1. The van der Waals surface area contributed by atoms with Gasteiger partial charge in [0.2, 0.25) is 0 Å². The summed E-state index contributed by atoms with van der Waals surface area (Å²) in [6.07, 6.45) is 2.64. The maximum absolute atomic E-state index is 12.3. The Labute approximate surface area is 139 Å². The van der Waals surface area contributed by atoms with Crippen molar-refractivity contribution in [2.45, 2.75) is 12.5 Å². The second-order valence-corrected chi connectivity index (χ2v) is 6.44. The minimum Gasteiger partial charge on any atom is -0.484 e. The van der Waals surface area contributed by atoms with Crippen molar-refractivity contribution in [2.24, 2.45) is 7.05 Å². The number of benzene rings is 1. The number of hydrogen-bond acceptors (Lipinski definition) is 4. The average molecular weight is 328 g/mol. The van der Waals surface area contributed by atoms with Crippen LogP contribution in [0.1, 0.15) is 17.4 Å². The van der Waals surface area contributed by atoms with Gasteiger partial charge < -0.3 is 14.6 Å². The van der Waals surface area contributed by atoms with Crippen LogP contribution in [0.15, 0.2) is 52.8 Å². The van der Waals surface area contributed by atoms with Gasteiger partial charge in [0, 0.05) is 29.9 Å². The molecule has 1 aromatic carbocycles. The molecule has 0 radical (unpaired) electrons. The van der Waals surface area contributed by atoms with Gasteiger partial charge in [-0.15, -0.1) is 11.3 Å². The smallest absolute Gasteiger partial charge is 0.258 e. The van der Waals surface area contributed by atoms with Crippen LogP contribution in [0, 0.1) is 0 Å². The van der Waals surface area contributed by atoms with Gasteiger partial charge in [-0.3, -0.25) is 4.79 Å². The molecule has 3 rings (SSSR count). The van der Waals surface area contributed by atoms with Crippen molar-refractivity contribution in [2.75, 3.05) is 13.6 Å². The monoisotopic (exact) mass is 328 g/mol. The minimum atomic E-state index is -0.0166. The number of pyridine rings is 1. The summed E-state index contributed by atoms with van der Waals surface area (Å²) < 4.78 is 7.88. The van der Waals surface area contributed by atoms with Crippen LogP contribution in [0.3, 0.4) is 0 Å². The zero-order chi connectivity index (χ0) is 16.2. The maximum atomic E-state index is 12.3. The number of ether oxygens (including phenoxy) is 1. The van der Waals surface area contributed by atoms with E-state index in [0.717, 1.165) is 24.1 Å². The van der Waals surface area contributed by atoms with Crippen molar-refractivity contribution >= 4 is 22.1 Å². The highest BCUT2D eigenvalue weighted by Gasteiger charge is 2.16. The Morgan fingerprint density at radius 1 is 1.22 bits per heavy atom. The second-order valence-electron chi connectivity index (χ2n) is 5.46. The fourth-order valence-corrected chi connectivity index (χ4v) is 3.40. The van der Waals surface area contributed by atoms with Crippen LogP contribution in [0.5, 0.6) is 5.75 Å². The zero-order valence-corrected chi connectivity index (χ0v) is 14.1. The predicted molar refractivity (Wildman–Crippen MR) is 95.4 cm³/mol. The van der Waals surface area contributed by atoms with Gasteiger partial charge in [-0.1, -0.05) is 12.1 Å². The molecule has 3 aromatic rings. The van der Waals surface area contributed by atoms with E-state index >= 15 is 0 Å². The SMILES string of the molecule is CNCCC(Oc1cccc2c(=O)n(C)ccc12)c1cccs1. The van der Waals surface area contributed by atoms with Crippen LogP contribution in [0.25, 0.3) is 10.8 Å². The predicted octanol–water partition coefficient (Wildman–Crippen LogP) is 3.33. The van der Waals surface area contributed by atoms with Gasteiger partial charge >= 0.3 is 0 Å². The topological polar surface area (TPSA) is 43.3 Å². The average Bonchev–Trinajstić information content (AvgIpc) is 3.09. The van der Waals surface area contributed by atoms with E-state index in [0.29, 0.717) is 5.39 Å². The molecule has 1 N–H and O–H groups in total. The van der Waals surface area contributed by atoms with Crippen molar-refractivity contribution in [3.05, 3.63) is 63.2 Å². The lowest BCUT2D eigenvalue weighted by atomic mass is 10.1. The quantitative estimate of drug-likeness (QED) is 0.755. The summed E-state index contributed by atoms with van der Waals surface area (Å²) in [6, 6.07) is 11.7. The standard InChI is InChI=1S/C18H20N2O2S/c1-19-10-8-16(17-7-4-12-23-17)22-15-6-3-5-14-13(15)9-11-20(2)18(14)21/h3-7,9,11-12,16,19H,8,10H2,1-2H3. The second kappa shape index (κ2) is 6.98. The summed E-state index contributed by atoms with van der Waals surface area (Å²) in [7, 11) is 3.70. The van der Waals surface area contributed by atoms with Crippen LogP contribution in [0.4, 0.5) is 0 Å². The first-order valence-corrected chi connectivity index (χ1v) is 8.51. The summed E-state index contributed by atoms with van der Waals surface area (Å²) in [5.41, 5.74) is -0.00384. The molecule has 0 bridgehead atoms. The molecule has 23 heavy (non-hydrogen) atoms. The van der Waals surface area contributed by atoms with Gasteiger partial charge in [-0.05, 0) is 43.2 Å². The highest BCUT2D eigenvalue weighted by Crippen LogP contribution is 2.31. The molecular formula is C18H20N2O2S. The summed E-state index contributed by atoms with van der Waals surface area (Å²) >= 11 is 1.69.